The fraction of sp³-hybridized carbons (Fsp3) is 0.800. The van der Waals surface area contributed by atoms with Gasteiger partial charge in [-0.2, -0.15) is 0 Å². The molecule has 0 rings (SSSR count). The van der Waals surface area contributed by atoms with Gasteiger partial charge in [-0.1, -0.05) is 0 Å². The summed E-state index contributed by atoms with van der Waals surface area (Å²) in [6.07, 6.45) is 7.90. The first kappa shape index (κ1) is 11.5. The summed E-state index contributed by atoms with van der Waals surface area (Å²) in [4.78, 5) is 0. The number of aliphatic hydroxyl groups is 1. The molecule has 1 atom stereocenters. The molecule has 2 nitrogen and oxygen atoms in total. The van der Waals surface area contributed by atoms with E-state index in [2.05, 4.69) is 5.92 Å². The van der Waals surface area contributed by atoms with E-state index in [4.69, 9.17) is 11.2 Å². The third-order valence-electron chi connectivity index (χ3n) is 1.65. The number of ether oxygens (including phenoxy) is 1. The van der Waals surface area contributed by atoms with Crippen LogP contribution in [-0.4, -0.2) is 24.4 Å². The van der Waals surface area contributed by atoms with Gasteiger partial charge in [0.15, 0.2) is 0 Å². The molecule has 0 saturated carbocycles. The van der Waals surface area contributed by atoms with Crippen molar-refractivity contribution in [2.75, 3.05) is 13.2 Å². The van der Waals surface area contributed by atoms with Crippen LogP contribution in [0.15, 0.2) is 0 Å². The predicted octanol–water partition coefficient (Wildman–Crippen LogP) is 1.58. The fourth-order valence-corrected chi connectivity index (χ4v) is 0.960. The zero-order valence-corrected chi connectivity index (χ0v) is 7.75. The molecule has 0 aromatic heterocycles. The van der Waals surface area contributed by atoms with Gasteiger partial charge in [0.2, 0.25) is 0 Å². The van der Waals surface area contributed by atoms with Crippen LogP contribution in [0.1, 0.15) is 32.6 Å². The van der Waals surface area contributed by atoms with Gasteiger partial charge in [0.05, 0.1) is 6.10 Å². The molecule has 0 fully saturated rings. The summed E-state index contributed by atoms with van der Waals surface area (Å²) in [5, 5.41) is 9.33. The third-order valence-corrected chi connectivity index (χ3v) is 1.65. The summed E-state index contributed by atoms with van der Waals surface area (Å²) in [6.45, 7) is 3.46. The highest BCUT2D eigenvalue weighted by Crippen LogP contribution is 2.03. The normalized spacial score (nSPS) is 12.4. The topological polar surface area (TPSA) is 29.5 Å². The molecule has 2 heteroatoms. The summed E-state index contributed by atoms with van der Waals surface area (Å²) in [7, 11) is 0. The summed E-state index contributed by atoms with van der Waals surface area (Å²) in [5.74, 6) is 2.51. The van der Waals surface area contributed by atoms with Crippen LogP contribution in [-0.2, 0) is 4.74 Å². The van der Waals surface area contributed by atoms with Crippen LogP contribution in [0.25, 0.3) is 0 Å². The molecule has 12 heavy (non-hydrogen) atoms. The summed E-state index contributed by atoms with van der Waals surface area (Å²) in [5.41, 5.74) is 0. The van der Waals surface area contributed by atoms with E-state index in [9.17, 15) is 5.11 Å². The van der Waals surface area contributed by atoms with Crippen LogP contribution in [0.5, 0.6) is 0 Å². The van der Waals surface area contributed by atoms with Gasteiger partial charge in [0, 0.05) is 19.6 Å². The molecular formula is C10H18O2. The van der Waals surface area contributed by atoms with Crippen molar-refractivity contribution in [2.24, 2.45) is 0 Å². The maximum absolute atomic E-state index is 9.33. The molecule has 0 heterocycles. The molecular weight excluding hydrogens is 152 g/mol. The molecule has 0 bridgehead atoms. The Labute approximate surface area is 74.9 Å². The molecule has 0 saturated heterocycles. The largest absolute Gasteiger partial charge is 0.393 e. The molecule has 0 aliphatic carbocycles. The zero-order valence-electron chi connectivity index (χ0n) is 7.75. The summed E-state index contributed by atoms with van der Waals surface area (Å²) in [6, 6.07) is 0. The van der Waals surface area contributed by atoms with E-state index < -0.39 is 0 Å². The van der Waals surface area contributed by atoms with Gasteiger partial charge >= 0.3 is 0 Å². The second kappa shape index (κ2) is 8.58. The molecule has 0 aromatic rings. The number of hydrogen-bond acceptors (Lipinski definition) is 2. The molecule has 1 N–H and O–H groups in total. The maximum atomic E-state index is 9.33. The average molecular weight is 170 g/mol. The Hall–Kier alpha value is -0.520. The van der Waals surface area contributed by atoms with Gasteiger partial charge in [-0.15, -0.1) is 12.3 Å². The van der Waals surface area contributed by atoms with Crippen LogP contribution in [0.2, 0.25) is 0 Å². The first-order chi connectivity index (χ1) is 5.81. The van der Waals surface area contributed by atoms with Crippen molar-refractivity contribution in [3.8, 4) is 12.3 Å². The quantitative estimate of drug-likeness (QED) is 0.464. The molecule has 0 aromatic carbocycles. The highest BCUT2D eigenvalue weighted by Gasteiger charge is 2.01. The lowest BCUT2D eigenvalue weighted by Crippen LogP contribution is -2.07. The second-order valence-electron chi connectivity index (χ2n) is 2.74. The van der Waals surface area contributed by atoms with E-state index in [0.717, 1.165) is 26.1 Å². The van der Waals surface area contributed by atoms with Crippen LogP contribution in [0.4, 0.5) is 0 Å². The summed E-state index contributed by atoms with van der Waals surface area (Å²) < 4.78 is 5.14. The van der Waals surface area contributed by atoms with Gasteiger partial charge in [0.25, 0.3) is 0 Å². The molecule has 1 unspecified atom stereocenters. The van der Waals surface area contributed by atoms with Gasteiger partial charge in [0.1, 0.15) is 0 Å². The molecule has 0 radical (unpaired) electrons. The first-order valence-corrected chi connectivity index (χ1v) is 4.50. The lowest BCUT2D eigenvalue weighted by atomic mass is 10.1. The number of rotatable bonds is 7. The van der Waals surface area contributed by atoms with E-state index in [1.807, 2.05) is 6.92 Å². The Morgan fingerprint density at radius 3 is 2.83 bits per heavy atom. The van der Waals surface area contributed by atoms with Crippen LogP contribution in [0.3, 0.4) is 0 Å². The number of hydrogen-bond donors (Lipinski definition) is 1. The standard InChI is InChI=1S/C10H18O2/c1-3-5-7-10(11)8-6-9-12-4-2/h1,10-11H,4-9H2,2H3. The van der Waals surface area contributed by atoms with Gasteiger partial charge in [-0.3, -0.25) is 0 Å². The lowest BCUT2D eigenvalue weighted by Gasteiger charge is -2.07. The average Bonchev–Trinajstić information content (AvgIpc) is 2.09. The minimum atomic E-state index is -0.249. The van der Waals surface area contributed by atoms with Crippen molar-refractivity contribution in [1.82, 2.24) is 0 Å². The first-order valence-electron chi connectivity index (χ1n) is 4.50. The van der Waals surface area contributed by atoms with Crippen molar-refractivity contribution in [3.63, 3.8) is 0 Å². The van der Waals surface area contributed by atoms with Crippen LogP contribution in [0, 0.1) is 12.3 Å². The Morgan fingerprint density at radius 2 is 2.25 bits per heavy atom. The predicted molar refractivity (Wildman–Crippen MR) is 49.8 cm³/mol. The molecule has 0 spiro atoms. The molecule has 0 aliphatic rings. The van der Waals surface area contributed by atoms with Crippen molar-refractivity contribution in [2.45, 2.75) is 38.7 Å². The van der Waals surface area contributed by atoms with E-state index in [0.29, 0.717) is 12.8 Å². The van der Waals surface area contributed by atoms with Crippen molar-refractivity contribution >= 4 is 0 Å². The SMILES string of the molecule is C#CCCC(O)CCCOCC. The summed E-state index contributed by atoms with van der Waals surface area (Å²) >= 11 is 0. The van der Waals surface area contributed by atoms with Gasteiger partial charge < -0.3 is 9.84 Å². The third kappa shape index (κ3) is 7.59. The van der Waals surface area contributed by atoms with Crippen molar-refractivity contribution < 1.29 is 9.84 Å². The Bertz CT molecular complexity index is 126. The Kier molecular flexibility index (Phi) is 8.20. The minimum absolute atomic E-state index is 0.249. The fourth-order valence-electron chi connectivity index (χ4n) is 0.960. The monoisotopic (exact) mass is 170 g/mol. The van der Waals surface area contributed by atoms with E-state index in [1.54, 1.807) is 0 Å². The van der Waals surface area contributed by atoms with E-state index in [-0.39, 0.29) is 6.10 Å². The van der Waals surface area contributed by atoms with E-state index >= 15 is 0 Å². The van der Waals surface area contributed by atoms with Crippen LogP contribution >= 0.6 is 0 Å². The Balaban J connectivity index is 3.09. The maximum Gasteiger partial charge on any atom is 0.0550 e. The zero-order chi connectivity index (χ0) is 9.23. The lowest BCUT2D eigenvalue weighted by molar-refractivity contribution is 0.111. The minimum Gasteiger partial charge on any atom is -0.393 e. The van der Waals surface area contributed by atoms with Gasteiger partial charge in [-0.05, 0) is 26.2 Å². The van der Waals surface area contributed by atoms with Crippen molar-refractivity contribution in [3.05, 3.63) is 0 Å². The second-order valence-corrected chi connectivity index (χ2v) is 2.74. The highest BCUT2D eigenvalue weighted by molar-refractivity contribution is 4.84. The van der Waals surface area contributed by atoms with Crippen molar-refractivity contribution in [1.29, 1.82) is 0 Å². The molecule has 0 aliphatic heterocycles. The Morgan fingerprint density at radius 1 is 1.50 bits per heavy atom. The van der Waals surface area contributed by atoms with E-state index in [1.165, 1.54) is 0 Å². The smallest absolute Gasteiger partial charge is 0.0550 e. The van der Waals surface area contributed by atoms with Gasteiger partial charge in [-0.25, -0.2) is 0 Å². The van der Waals surface area contributed by atoms with Crippen LogP contribution < -0.4 is 0 Å². The number of aliphatic hydroxyl groups excluding tert-OH is 1. The number of terminal acetylenes is 1. The highest BCUT2D eigenvalue weighted by atomic mass is 16.5. The molecule has 70 valence electrons. The molecule has 0 amide bonds.